The highest BCUT2D eigenvalue weighted by molar-refractivity contribution is 6.29. The van der Waals surface area contributed by atoms with Crippen molar-refractivity contribution in [2.24, 2.45) is 5.92 Å². The van der Waals surface area contributed by atoms with E-state index in [1.165, 1.54) is 19.3 Å². The van der Waals surface area contributed by atoms with Crippen LogP contribution in [0, 0.1) is 18.7 Å². The van der Waals surface area contributed by atoms with Gasteiger partial charge in [0.1, 0.15) is 6.10 Å². The largest absolute Gasteiger partial charge is 0.373 e. The van der Waals surface area contributed by atoms with Crippen molar-refractivity contribution in [2.75, 3.05) is 7.11 Å². The minimum atomic E-state index is -0.543. The van der Waals surface area contributed by atoms with E-state index in [2.05, 4.69) is 9.97 Å². The van der Waals surface area contributed by atoms with E-state index in [9.17, 15) is 4.39 Å². The highest BCUT2D eigenvalue weighted by Gasteiger charge is 2.28. The normalized spacial score (nSPS) is 18.9. The molecular formula is C13H18ClFN2O. The van der Waals surface area contributed by atoms with Gasteiger partial charge in [-0.2, -0.15) is 0 Å². The smallest absolute Gasteiger partial charge is 0.181 e. The van der Waals surface area contributed by atoms with Gasteiger partial charge in [-0.25, -0.2) is 14.4 Å². The molecule has 0 aliphatic heterocycles. The van der Waals surface area contributed by atoms with Crippen molar-refractivity contribution in [3.8, 4) is 0 Å². The zero-order chi connectivity index (χ0) is 13.1. The first kappa shape index (κ1) is 13.7. The van der Waals surface area contributed by atoms with E-state index in [4.69, 9.17) is 16.3 Å². The van der Waals surface area contributed by atoms with Crippen molar-refractivity contribution in [3.05, 3.63) is 22.5 Å². The molecule has 0 N–H and O–H groups in total. The lowest BCUT2D eigenvalue weighted by Gasteiger charge is -2.28. The summed E-state index contributed by atoms with van der Waals surface area (Å²) in [6.45, 7) is 1.60. The van der Waals surface area contributed by atoms with Crippen LogP contribution < -0.4 is 0 Å². The number of aromatic nitrogens is 2. The van der Waals surface area contributed by atoms with Gasteiger partial charge >= 0.3 is 0 Å². The second-order valence-corrected chi connectivity index (χ2v) is 5.18. The molecule has 1 unspecified atom stereocenters. The summed E-state index contributed by atoms with van der Waals surface area (Å²) >= 11 is 5.78. The number of hydrogen-bond acceptors (Lipinski definition) is 3. The number of methoxy groups -OCH3 is 1. The molecule has 100 valence electrons. The van der Waals surface area contributed by atoms with Crippen LogP contribution >= 0.6 is 11.6 Å². The second-order valence-electron chi connectivity index (χ2n) is 4.83. The maximum absolute atomic E-state index is 13.4. The van der Waals surface area contributed by atoms with E-state index in [0.717, 1.165) is 12.8 Å². The molecule has 5 heteroatoms. The van der Waals surface area contributed by atoms with Crippen molar-refractivity contribution < 1.29 is 9.13 Å². The molecule has 3 nitrogen and oxygen atoms in total. The van der Waals surface area contributed by atoms with Crippen molar-refractivity contribution >= 4 is 11.6 Å². The third kappa shape index (κ3) is 2.81. The van der Waals surface area contributed by atoms with Gasteiger partial charge in [-0.05, 0) is 25.7 Å². The monoisotopic (exact) mass is 272 g/mol. The number of halogens is 2. The summed E-state index contributed by atoms with van der Waals surface area (Å²) in [5, 5.41) is -0.115. The van der Waals surface area contributed by atoms with Crippen LogP contribution in [0.5, 0.6) is 0 Å². The minimum Gasteiger partial charge on any atom is -0.373 e. The van der Waals surface area contributed by atoms with Gasteiger partial charge in [-0.1, -0.05) is 30.9 Å². The summed E-state index contributed by atoms with van der Waals surface area (Å²) in [5.41, 5.74) is 0.280. The molecule has 0 aromatic carbocycles. The first-order chi connectivity index (χ1) is 8.63. The third-order valence-corrected chi connectivity index (χ3v) is 3.83. The molecule has 0 spiro atoms. The van der Waals surface area contributed by atoms with Crippen molar-refractivity contribution in [2.45, 2.75) is 45.1 Å². The first-order valence-electron chi connectivity index (χ1n) is 6.35. The van der Waals surface area contributed by atoms with Crippen LogP contribution in [0.1, 0.15) is 49.7 Å². The molecule has 1 aliphatic rings. The molecule has 0 amide bonds. The Morgan fingerprint density at radius 3 is 2.50 bits per heavy atom. The Labute approximate surface area is 112 Å². The summed E-state index contributed by atoms with van der Waals surface area (Å²) in [6, 6.07) is 0. The van der Waals surface area contributed by atoms with Crippen LogP contribution in [-0.4, -0.2) is 17.1 Å². The lowest BCUT2D eigenvalue weighted by Crippen LogP contribution is -2.21. The molecule has 1 atom stereocenters. The Hall–Kier alpha value is -0.740. The van der Waals surface area contributed by atoms with Crippen LogP contribution in [0.2, 0.25) is 5.15 Å². The molecule has 1 aromatic rings. The minimum absolute atomic E-state index is 0.115. The fourth-order valence-corrected chi connectivity index (χ4v) is 2.84. The fraction of sp³-hybridized carbons (Fsp3) is 0.692. The molecular weight excluding hydrogens is 255 g/mol. The number of rotatable bonds is 3. The van der Waals surface area contributed by atoms with Crippen molar-refractivity contribution in [3.63, 3.8) is 0 Å². The molecule has 1 aliphatic carbocycles. The highest BCUT2D eigenvalue weighted by Crippen LogP contribution is 2.35. The van der Waals surface area contributed by atoms with Gasteiger partial charge < -0.3 is 4.74 Å². The Morgan fingerprint density at radius 1 is 1.28 bits per heavy atom. The van der Waals surface area contributed by atoms with Crippen molar-refractivity contribution in [1.29, 1.82) is 0 Å². The highest BCUT2D eigenvalue weighted by atomic mass is 35.5. The standard InChI is InChI=1S/C13H18ClFN2O/c1-8-10(15)12(14)17-13(16-8)11(18-2)9-6-4-3-5-7-9/h9,11H,3-7H2,1-2H3. The molecule has 1 heterocycles. The third-order valence-electron chi connectivity index (χ3n) is 3.58. The van der Waals surface area contributed by atoms with Gasteiger partial charge in [0, 0.05) is 7.11 Å². The topological polar surface area (TPSA) is 35.0 Å². The van der Waals surface area contributed by atoms with Crippen molar-refractivity contribution in [1.82, 2.24) is 9.97 Å². The molecule has 1 aromatic heterocycles. The predicted molar refractivity (Wildman–Crippen MR) is 68.1 cm³/mol. The summed E-state index contributed by atoms with van der Waals surface area (Å²) in [5.74, 6) is 0.372. The van der Waals surface area contributed by atoms with Crippen LogP contribution in [-0.2, 0) is 4.74 Å². The quantitative estimate of drug-likeness (QED) is 0.784. The first-order valence-corrected chi connectivity index (χ1v) is 6.73. The van der Waals surface area contributed by atoms with Crippen LogP contribution in [0.25, 0.3) is 0 Å². The molecule has 2 rings (SSSR count). The van der Waals surface area contributed by atoms with Gasteiger partial charge in [-0.3, -0.25) is 0 Å². The number of ether oxygens (including phenoxy) is 1. The second kappa shape index (κ2) is 5.93. The van der Waals surface area contributed by atoms with Gasteiger partial charge in [0.15, 0.2) is 16.8 Å². The van der Waals surface area contributed by atoms with E-state index in [1.807, 2.05) is 0 Å². The Bertz CT molecular complexity index is 398. The average molecular weight is 273 g/mol. The summed E-state index contributed by atoms with van der Waals surface area (Å²) in [4.78, 5) is 8.22. The van der Waals surface area contributed by atoms with E-state index < -0.39 is 5.82 Å². The lowest BCUT2D eigenvalue weighted by atomic mass is 9.85. The maximum atomic E-state index is 13.4. The average Bonchev–Trinajstić information content (AvgIpc) is 2.38. The van der Waals surface area contributed by atoms with Gasteiger partial charge in [0.25, 0.3) is 0 Å². The zero-order valence-electron chi connectivity index (χ0n) is 10.7. The molecule has 1 saturated carbocycles. The Balaban J connectivity index is 2.26. The van der Waals surface area contributed by atoms with E-state index in [-0.39, 0.29) is 17.0 Å². The van der Waals surface area contributed by atoms with Gasteiger partial charge in [0.05, 0.1) is 5.69 Å². The molecule has 0 radical (unpaired) electrons. The molecule has 0 bridgehead atoms. The van der Waals surface area contributed by atoms with Crippen LogP contribution in [0.3, 0.4) is 0 Å². The van der Waals surface area contributed by atoms with Gasteiger partial charge in [0.2, 0.25) is 0 Å². The lowest BCUT2D eigenvalue weighted by molar-refractivity contribution is 0.0286. The number of nitrogens with zero attached hydrogens (tertiary/aromatic N) is 2. The molecule has 1 fully saturated rings. The van der Waals surface area contributed by atoms with Gasteiger partial charge in [-0.15, -0.1) is 0 Å². The number of hydrogen-bond donors (Lipinski definition) is 0. The van der Waals surface area contributed by atoms with E-state index >= 15 is 0 Å². The molecule has 0 saturated heterocycles. The number of aryl methyl sites for hydroxylation is 1. The van der Waals surface area contributed by atoms with E-state index in [0.29, 0.717) is 11.7 Å². The van der Waals surface area contributed by atoms with Crippen LogP contribution in [0.4, 0.5) is 4.39 Å². The fourth-order valence-electron chi connectivity index (χ4n) is 2.62. The summed E-state index contributed by atoms with van der Waals surface area (Å²) in [6.07, 6.45) is 5.72. The maximum Gasteiger partial charge on any atom is 0.181 e. The molecule has 18 heavy (non-hydrogen) atoms. The Morgan fingerprint density at radius 2 is 1.94 bits per heavy atom. The Kier molecular flexibility index (Phi) is 4.51. The summed E-state index contributed by atoms with van der Waals surface area (Å²) in [7, 11) is 1.65. The van der Waals surface area contributed by atoms with Crippen LogP contribution in [0.15, 0.2) is 0 Å². The predicted octanol–water partition coefficient (Wildman–Crippen LogP) is 3.85. The SMILES string of the molecule is COC(c1nc(C)c(F)c(Cl)n1)C1CCCCC1. The summed E-state index contributed by atoms with van der Waals surface area (Å²) < 4.78 is 18.9. The zero-order valence-corrected chi connectivity index (χ0v) is 11.5. The van der Waals surface area contributed by atoms with E-state index in [1.54, 1.807) is 14.0 Å².